The molecule has 4 rings (SSSR count). The monoisotopic (exact) mass is 335 g/mol. The molecule has 4 nitrogen and oxygen atoms in total. The molecule has 2 aromatic heterocycles. The number of carbonyl (C=O) groups excluding carboxylic acids is 1. The van der Waals surface area contributed by atoms with Crippen molar-refractivity contribution in [1.29, 1.82) is 0 Å². The number of carbonyl (C=O) groups is 1. The summed E-state index contributed by atoms with van der Waals surface area (Å²) in [5, 5.41) is 3.33. The second kappa shape index (κ2) is 6.51. The number of hydrogen-bond acceptors (Lipinski definition) is 3. The molecular weight excluding hydrogens is 317 g/mol. The predicted octanol–water partition coefficient (Wildman–Crippen LogP) is 4.58. The van der Waals surface area contributed by atoms with Crippen molar-refractivity contribution in [2.45, 2.75) is 25.2 Å². The van der Waals surface area contributed by atoms with Gasteiger partial charge in [0.1, 0.15) is 12.1 Å². The van der Waals surface area contributed by atoms with Crippen molar-refractivity contribution in [3.8, 4) is 11.3 Å². The molecule has 126 valence electrons. The summed E-state index contributed by atoms with van der Waals surface area (Å²) in [5.74, 6) is -0.446. The van der Waals surface area contributed by atoms with E-state index in [1.807, 2.05) is 18.2 Å². The zero-order chi connectivity index (χ0) is 17.2. The zero-order valence-corrected chi connectivity index (χ0v) is 13.6. The third-order valence-corrected chi connectivity index (χ3v) is 4.66. The summed E-state index contributed by atoms with van der Waals surface area (Å²) < 4.78 is 13.6. The molecule has 1 unspecified atom stereocenters. The highest BCUT2D eigenvalue weighted by Crippen LogP contribution is 2.43. The van der Waals surface area contributed by atoms with Gasteiger partial charge in [0.15, 0.2) is 0 Å². The van der Waals surface area contributed by atoms with Crippen LogP contribution in [0.25, 0.3) is 11.3 Å². The first kappa shape index (κ1) is 15.6. The highest BCUT2D eigenvalue weighted by Gasteiger charge is 2.28. The number of halogens is 1. The fraction of sp³-hybridized carbons (Fsp3) is 0.200. The summed E-state index contributed by atoms with van der Waals surface area (Å²) >= 11 is 0. The summed E-state index contributed by atoms with van der Waals surface area (Å²) in [6.07, 6.45) is 7.20. The van der Waals surface area contributed by atoms with E-state index in [0.717, 1.165) is 53.8 Å². The molecule has 0 bridgehead atoms. The van der Waals surface area contributed by atoms with Gasteiger partial charge in [-0.3, -0.25) is 4.98 Å². The van der Waals surface area contributed by atoms with Crippen LogP contribution in [0.2, 0.25) is 0 Å². The normalized spacial score (nSPS) is 16.3. The first-order chi connectivity index (χ1) is 12.3. The molecule has 2 heterocycles. The van der Waals surface area contributed by atoms with Crippen LogP contribution in [-0.2, 0) is 11.2 Å². The van der Waals surface area contributed by atoms with E-state index >= 15 is 0 Å². The Balaban J connectivity index is 1.87. The minimum absolute atomic E-state index is 0.147. The number of aldehydes is 1. The van der Waals surface area contributed by atoms with E-state index in [1.165, 1.54) is 12.1 Å². The lowest BCUT2D eigenvalue weighted by atomic mass is 9.86. The highest BCUT2D eigenvalue weighted by molar-refractivity contribution is 5.85. The molecule has 3 aromatic rings. The van der Waals surface area contributed by atoms with Gasteiger partial charge in [-0.25, -0.2) is 4.39 Å². The maximum Gasteiger partial charge on any atom is 0.127 e. The van der Waals surface area contributed by atoms with Crippen molar-refractivity contribution < 1.29 is 9.18 Å². The van der Waals surface area contributed by atoms with E-state index in [1.54, 1.807) is 18.5 Å². The van der Waals surface area contributed by atoms with Gasteiger partial charge in [-0.1, -0.05) is 6.07 Å². The van der Waals surface area contributed by atoms with Crippen LogP contribution in [-0.4, -0.2) is 16.3 Å². The average molecular weight is 335 g/mol. The van der Waals surface area contributed by atoms with E-state index in [0.29, 0.717) is 5.69 Å². The highest BCUT2D eigenvalue weighted by atomic mass is 19.1. The van der Waals surface area contributed by atoms with E-state index in [-0.39, 0.29) is 11.7 Å². The van der Waals surface area contributed by atoms with Gasteiger partial charge >= 0.3 is 0 Å². The molecule has 5 heteroatoms. The van der Waals surface area contributed by atoms with Gasteiger partial charge in [0.25, 0.3) is 0 Å². The first-order valence-electron chi connectivity index (χ1n) is 8.39. The van der Waals surface area contributed by atoms with Crippen molar-refractivity contribution in [3.05, 3.63) is 65.9 Å². The van der Waals surface area contributed by atoms with Gasteiger partial charge in [-0.05, 0) is 49.6 Å². The first-order valence-corrected chi connectivity index (χ1v) is 8.39. The molecule has 0 radical (unpaired) electrons. The van der Waals surface area contributed by atoms with Gasteiger partial charge in [-0.15, -0.1) is 0 Å². The molecule has 0 spiro atoms. The van der Waals surface area contributed by atoms with Crippen LogP contribution in [0, 0.1) is 5.82 Å². The fourth-order valence-electron chi connectivity index (χ4n) is 3.53. The topological polar surface area (TPSA) is 57.8 Å². The maximum absolute atomic E-state index is 13.6. The number of hydrogen-bond donors (Lipinski definition) is 2. The number of anilines is 2. The number of nitrogens with zero attached hydrogens (tertiary/aromatic N) is 1. The lowest BCUT2D eigenvalue weighted by Crippen LogP contribution is -2.11. The number of aromatic amines is 1. The van der Waals surface area contributed by atoms with Gasteiger partial charge in [0, 0.05) is 40.8 Å². The third kappa shape index (κ3) is 2.93. The summed E-state index contributed by atoms with van der Waals surface area (Å²) in [4.78, 5) is 19.2. The van der Waals surface area contributed by atoms with Crippen molar-refractivity contribution in [2.24, 2.45) is 0 Å². The molecule has 1 aliphatic rings. The third-order valence-electron chi connectivity index (χ3n) is 4.66. The molecule has 1 aliphatic carbocycles. The molecule has 0 saturated carbocycles. The summed E-state index contributed by atoms with van der Waals surface area (Å²) in [6, 6.07) is 10.2. The standard InChI is InChI=1S/C20H18FN3O/c21-15-4-2-5-16(11-15)23-20-18-14(12-25)3-1-6-17(18)24-19(20)13-7-9-22-10-8-13/h2,4-5,7-12,14,23-24H,1,3,6H2. The van der Waals surface area contributed by atoms with Gasteiger partial charge in [0.2, 0.25) is 0 Å². The second-order valence-corrected chi connectivity index (χ2v) is 6.27. The smallest absolute Gasteiger partial charge is 0.127 e. The lowest BCUT2D eigenvalue weighted by Gasteiger charge is -2.20. The minimum Gasteiger partial charge on any atom is -0.356 e. The molecule has 0 fully saturated rings. The van der Waals surface area contributed by atoms with Gasteiger partial charge in [-0.2, -0.15) is 0 Å². The minimum atomic E-state index is -0.299. The number of aryl methyl sites for hydroxylation is 1. The Labute approximate surface area is 145 Å². The predicted molar refractivity (Wildman–Crippen MR) is 95.4 cm³/mol. The molecule has 25 heavy (non-hydrogen) atoms. The van der Waals surface area contributed by atoms with Crippen LogP contribution in [0.4, 0.5) is 15.8 Å². The molecule has 0 amide bonds. The number of benzene rings is 1. The lowest BCUT2D eigenvalue weighted by molar-refractivity contribution is -0.109. The number of pyridine rings is 1. The Hall–Kier alpha value is -2.95. The Morgan fingerprint density at radius 3 is 2.84 bits per heavy atom. The number of fused-ring (bicyclic) bond motifs is 1. The van der Waals surface area contributed by atoms with E-state index < -0.39 is 0 Å². The van der Waals surface area contributed by atoms with Gasteiger partial charge < -0.3 is 15.1 Å². The van der Waals surface area contributed by atoms with Crippen molar-refractivity contribution >= 4 is 17.7 Å². The molecule has 1 aromatic carbocycles. The molecular formula is C20H18FN3O. The Morgan fingerprint density at radius 1 is 1.24 bits per heavy atom. The average Bonchev–Trinajstić information content (AvgIpc) is 3.01. The Bertz CT molecular complexity index is 905. The summed E-state index contributed by atoms with van der Waals surface area (Å²) in [5.41, 5.74) is 5.47. The maximum atomic E-state index is 13.6. The largest absolute Gasteiger partial charge is 0.356 e. The van der Waals surface area contributed by atoms with Crippen LogP contribution < -0.4 is 5.32 Å². The Kier molecular flexibility index (Phi) is 4.06. The van der Waals surface area contributed by atoms with Crippen LogP contribution >= 0.6 is 0 Å². The molecule has 0 aliphatic heterocycles. The second-order valence-electron chi connectivity index (χ2n) is 6.27. The number of H-pyrrole nitrogens is 1. The van der Waals surface area contributed by atoms with E-state index in [9.17, 15) is 9.18 Å². The SMILES string of the molecule is O=CC1CCCc2[nH]c(-c3ccncc3)c(Nc3cccc(F)c3)c21. The van der Waals surface area contributed by atoms with E-state index in [4.69, 9.17) is 0 Å². The number of rotatable bonds is 4. The molecule has 1 atom stereocenters. The quantitative estimate of drug-likeness (QED) is 0.686. The number of nitrogens with one attached hydrogen (secondary N) is 2. The molecule has 2 N–H and O–H groups in total. The zero-order valence-electron chi connectivity index (χ0n) is 13.6. The fourth-order valence-corrected chi connectivity index (χ4v) is 3.53. The van der Waals surface area contributed by atoms with Gasteiger partial charge in [0.05, 0.1) is 11.4 Å². The van der Waals surface area contributed by atoms with Crippen molar-refractivity contribution in [3.63, 3.8) is 0 Å². The van der Waals surface area contributed by atoms with Crippen LogP contribution in [0.3, 0.4) is 0 Å². The number of aromatic nitrogens is 2. The van der Waals surface area contributed by atoms with Crippen LogP contribution in [0.15, 0.2) is 48.8 Å². The summed E-state index contributed by atoms with van der Waals surface area (Å²) in [6.45, 7) is 0. The Morgan fingerprint density at radius 2 is 2.08 bits per heavy atom. The van der Waals surface area contributed by atoms with E-state index in [2.05, 4.69) is 15.3 Å². The summed E-state index contributed by atoms with van der Waals surface area (Å²) in [7, 11) is 0. The molecule has 0 saturated heterocycles. The van der Waals surface area contributed by atoms with Crippen LogP contribution in [0.5, 0.6) is 0 Å². The van der Waals surface area contributed by atoms with Crippen molar-refractivity contribution in [1.82, 2.24) is 9.97 Å². The van der Waals surface area contributed by atoms with Crippen molar-refractivity contribution in [2.75, 3.05) is 5.32 Å². The van der Waals surface area contributed by atoms with Crippen LogP contribution in [0.1, 0.15) is 30.0 Å².